The summed E-state index contributed by atoms with van der Waals surface area (Å²) in [6.45, 7) is 6.40. The number of nitrogens with zero attached hydrogens (tertiary/aromatic N) is 5. The predicted molar refractivity (Wildman–Crippen MR) is 157 cm³/mol. The fraction of sp³-hybridized carbons (Fsp3) is 0.214. The van der Waals surface area contributed by atoms with Crippen molar-refractivity contribution >= 4 is 55.7 Å². The molecule has 2 N–H and O–H groups in total. The molecule has 206 valence electrons. The number of para-hydroxylation sites is 1. The molecule has 12 heteroatoms. The molecule has 0 unspecified atom stereocenters. The normalized spacial score (nSPS) is 13.3. The standard InChI is InChI=1S/C28H29N7O4S/c1-5-24(36)35-14-13-34(22-8-6-7-18(2)25(22)35)23-15-20-16-30-28(32-26(20)33(4)27(23)37)31-21-11-9-19(10-12-21)17-40(38,39)29-3/h5-12,15-16,29H,1,13-14,17H2,2-4H3,(H,30,31,32). The number of aryl methyl sites for hydroxylation is 2. The lowest BCUT2D eigenvalue weighted by molar-refractivity contribution is -0.114. The maximum absolute atomic E-state index is 13.6. The third kappa shape index (κ3) is 5.06. The highest BCUT2D eigenvalue weighted by molar-refractivity contribution is 7.88. The zero-order valence-corrected chi connectivity index (χ0v) is 23.2. The number of sulfonamides is 1. The van der Waals surface area contributed by atoms with Gasteiger partial charge >= 0.3 is 0 Å². The van der Waals surface area contributed by atoms with Gasteiger partial charge in [0, 0.05) is 37.4 Å². The second kappa shape index (κ2) is 10.5. The first-order valence-electron chi connectivity index (χ1n) is 12.6. The van der Waals surface area contributed by atoms with E-state index in [2.05, 4.69) is 26.6 Å². The Kier molecular flexibility index (Phi) is 7.13. The monoisotopic (exact) mass is 559 g/mol. The van der Waals surface area contributed by atoms with Gasteiger partial charge in [0.1, 0.15) is 11.3 Å². The molecule has 0 fully saturated rings. The molecule has 4 aromatic rings. The number of hydrogen-bond acceptors (Lipinski definition) is 8. The largest absolute Gasteiger partial charge is 0.333 e. The van der Waals surface area contributed by atoms with Gasteiger partial charge in [-0.25, -0.2) is 18.1 Å². The Morgan fingerprint density at radius 2 is 1.88 bits per heavy atom. The van der Waals surface area contributed by atoms with Gasteiger partial charge in [0.15, 0.2) is 0 Å². The topological polar surface area (TPSA) is 130 Å². The highest BCUT2D eigenvalue weighted by Gasteiger charge is 2.29. The van der Waals surface area contributed by atoms with Crippen LogP contribution in [-0.2, 0) is 27.6 Å². The summed E-state index contributed by atoms with van der Waals surface area (Å²) >= 11 is 0. The molecule has 0 saturated heterocycles. The molecule has 0 bridgehead atoms. The molecule has 1 aliphatic rings. The molecule has 1 aliphatic heterocycles. The number of benzene rings is 2. The average molecular weight is 560 g/mol. The quantitative estimate of drug-likeness (QED) is 0.331. The van der Waals surface area contributed by atoms with Gasteiger partial charge in [0.25, 0.3) is 11.5 Å². The second-order valence-electron chi connectivity index (χ2n) is 9.44. The maximum atomic E-state index is 13.6. The van der Waals surface area contributed by atoms with Gasteiger partial charge < -0.3 is 15.1 Å². The summed E-state index contributed by atoms with van der Waals surface area (Å²) in [7, 11) is -0.325. The van der Waals surface area contributed by atoms with Crippen molar-refractivity contribution in [3.05, 3.63) is 88.9 Å². The number of carbonyl (C=O) groups excluding carboxylic acids is 1. The minimum Gasteiger partial charge on any atom is -0.333 e. The Hall–Kier alpha value is -4.55. The summed E-state index contributed by atoms with van der Waals surface area (Å²) in [6, 6.07) is 14.4. The van der Waals surface area contributed by atoms with Crippen LogP contribution in [0.3, 0.4) is 0 Å². The predicted octanol–water partition coefficient (Wildman–Crippen LogP) is 3.10. The fourth-order valence-electron chi connectivity index (χ4n) is 4.81. The van der Waals surface area contributed by atoms with Gasteiger partial charge in [-0.15, -0.1) is 0 Å². The van der Waals surface area contributed by atoms with E-state index in [9.17, 15) is 18.0 Å². The molecule has 0 aliphatic carbocycles. The molecule has 3 heterocycles. The lowest BCUT2D eigenvalue weighted by Gasteiger charge is -2.38. The van der Waals surface area contributed by atoms with Crippen LogP contribution in [0.15, 0.2) is 72.2 Å². The van der Waals surface area contributed by atoms with E-state index in [0.717, 1.165) is 16.9 Å². The Bertz CT molecular complexity index is 1800. The number of hydrogen-bond donors (Lipinski definition) is 2. The van der Waals surface area contributed by atoms with Gasteiger partial charge in [-0.05, 0) is 55.4 Å². The van der Waals surface area contributed by atoms with E-state index in [1.54, 1.807) is 48.5 Å². The minimum absolute atomic E-state index is 0.121. The van der Waals surface area contributed by atoms with Crippen LogP contribution in [-0.4, -0.2) is 49.0 Å². The molecule has 40 heavy (non-hydrogen) atoms. The van der Waals surface area contributed by atoms with Gasteiger partial charge in [-0.2, -0.15) is 4.98 Å². The maximum Gasteiger partial charge on any atom is 0.275 e. The SMILES string of the molecule is C=CC(=O)N1CCN(c2cc3cnc(Nc4ccc(CS(=O)(=O)NC)cc4)nc3n(C)c2=O)c2cccc(C)c21. The lowest BCUT2D eigenvalue weighted by atomic mass is 10.1. The zero-order chi connectivity index (χ0) is 28.6. The summed E-state index contributed by atoms with van der Waals surface area (Å²) in [6.07, 6.45) is 2.95. The molecule has 11 nitrogen and oxygen atoms in total. The van der Waals surface area contributed by atoms with Crippen LogP contribution in [0.5, 0.6) is 0 Å². The van der Waals surface area contributed by atoms with E-state index < -0.39 is 10.0 Å². The number of nitrogens with one attached hydrogen (secondary N) is 2. The molecule has 2 aromatic carbocycles. The van der Waals surface area contributed by atoms with Crippen molar-refractivity contribution in [2.75, 3.05) is 35.3 Å². The molecular formula is C28H29N7O4S. The highest BCUT2D eigenvalue weighted by Crippen LogP contribution is 2.39. The molecule has 1 amide bonds. The second-order valence-corrected chi connectivity index (χ2v) is 11.4. The van der Waals surface area contributed by atoms with Crippen molar-refractivity contribution in [1.82, 2.24) is 19.3 Å². The first-order valence-corrected chi connectivity index (χ1v) is 14.2. The number of fused-ring (bicyclic) bond motifs is 2. The van der Waals surface area contributed by atoms with E-state index in [0.29, 0.717) is 47.0 Å². The van der Waals surface area contributed by atoms with Gasteiger partial charge in [0.2, 0.25) is 16.0 Å². The molecule has 0 saturated carbocycles. The first-order chi connectivity index (χ1) is 19.1. The van der Waals surface area contributed by atoms with Crippen LogP contribution in [0.25, 0.3) is 11.0 Å². The van der Waals surface area contributed by atoms with Crippen molar-refractivity contribution in [2.24, 2.45) is 7.05 Å². The molecule has 0 atom stereocenters. The van der Waals surface area contributed by atoms with E-state index in [-0.39, 0.29) is 17.2 Å². The summed E-state index contributed by atoms with van der Waals surface area (Å²) < 4.78 is 27.4. The number of rotatable bonds is 7. The van der Waals surface area contributed by atoms with Gasteiger partial charge in [-0.3, -0.25) is 14.2 Å². The molecule has 0 spiro atoms. The van der Waals surface area contributed by atoms with Crippen LogP contribution in [0.2, 0.25) is 0 Å². The molecule has 2 aromatic heterocycles. The van der Waals surface area contributed by atoms with Crippen LogP contribution in [0, 0.1) is 6.92 Å². The summed E-state index contributed by atoms with van der Waals surface area (Å²) in [5.41, 5.74) is 4.44. The Morgan fingerprint density at radius 3 is 2.58 bits per heavy atom. The third-order valence-electron chi connectivity index (χ3n) is 6.86. The number of pyridine rings is 1. The zero-order valence-electron chi connectivity index (χ0n) is 22.4. The van der Waals surface area contributed by atoms with Crippen LogP contribution < -0.4 is 25.4 Å². The minimum atomic E-state index is -3.37. The van der Waals surface area contributed by atoms with Crippen molar-refractivity contribution in [3.8, 4) is 0 Å². The van der Waals surface area contributed by atoms with E-state index >= 15 is 0 Å². The van der Waals surface area contributed by atoms with Crippen LogP contribution >= 0.6 is 0 Å². The molecule has 5 rings (SSSR count). The smallest absolute Gasteiger partial charge is 0.275 e. The van der Waals surface area contributed by atoms with E-state index in [1.165, 1.54) is 17.7 Å². The van der Waals surface area contributed by atoms with Crippen molar-refractivity contribution in [1.29, 1.82) is 0 Å². The van der Waals surface area contributed by atoms with Gasteiger partial charge in [-0.1, -0.05) is 30.8 Å². The van der Waals surface area contributed by atoms with Crippen LogP contribution in [0.4, 0.5) is 28.7 Å². The number of aromatic nitrogens is 3. The first kappa shape index (κ1) is 27.0. The molecule has 0 radical (unpaired) electrons. The van der Waals surface area contributed by atoms with E-state index in [4.69, 9.17) is 0 Å². The summed E-state index contributed by atoms with van der Waals surface area (Å²) in [4.78, 5) is 38.7. The Balaban J connectivity index is 1.47. The summed E-state index contributed by atoms with van der Waals surface area (Å²) in [5, 5.41) is 3.78. The lowest BCUT2D eigenvalue weighted by Crippen LogP contribution is -2.43. The van der Waals surface area contributed by atoms with Crippen molar-refractivity contribution in [3.63, 3.8) is 0 Å². The van der Waals surface area contributed by atoms with Crippen molar-refractivity contribution in [2.45, 2.75) is 12.7 Å². The summed E-state index contributed by atoms with van der Waals surface area (Å²) in [5.74, 6) is -0.0132. The Morgan fingerprint density at radius 1 is 1.12 bits per heavy atom. The number of anilines is 5. The number of amides is 1. The number of carbonyl (C=O) groups is 1. The van der Waals surface area contributed by atoms with Crippen molar-refractivity contribution < 1.29 is 13.2 Å². The van der Waals surface area contributed by atoms with Gasteiger partial charge in [0.05, 0.1) is 17.1 Å². The highest BCUT2D eigenvalue weighted by atomic mass is 32.2. The Labute approximate surface area is 231 Å². The van der Waals surface area contributed by atoms with Crippen LogP contribution in [0.1, 0.15) is 11.1 Å². The van der Waals surface area contributed by atoms with E-state index in [1.807, 2.05) is 30.0 Å². The molecular weight excluding hydrogens is 530 g/mol. The third-order valence-corrected chi connectivity index (χ3v) is 8.20. The average Bonchev–Trinajstić information content (AvgIpc) is 2.95. The fourth-order valence-corrected chi connectivity index (χ4v) is 5.59.